The minimum atomic E-state index is 0.287. The molecule has 4 heteroatoms. The van der Waals surface area contributed by atoms with Crippen LogP contribution in [0.5, 0.6) is 5.75 Å². The third-order valence-electron chi connectivity index (χ3n) is 4.21. The molecule has 2 saturated heterocycles. The second kappa shape index (κ2) is 5.83. The number of carbonyl (C=O) groups is 1. The normalized spacial score (nSPS) is 24.6. The molecule has 3 rings (SSSR count). The van der Waals surface area contributed by atoms with Gasteiger partial charge in [-0.2, -0.15) is 0 Å². The third-order valence-corrected chi connectivity index (χ3v) is 4.21. The van der Waals surface area contributed by atoms with E-state index in [0.29, 0.717) is 18.4 Å². The Hall–Kier alpha value is -1.55. The van der Waals surface area contributed by atoms with Crippen molar-refractivity contribution in [2.24, 2.45) is 5.92 Å². The van der Waals surface area contributed by atoms with Gasteiger partial charge in [-0.05, 0) is 24.5 Å². The van der Waals surface area contributed by atoms with Gasteiger partial charge in [0.15, 0.2) is 0 Å². The van der Waals surface area contributed by atoms with E-state index in [1.807, 2.05) is 42.3 Å². The molecular formula is C16H22N2O2. The summed E-state index contributed by atoms with van der Waals surface area (Å²) < 4.78 is 5.90. The molecule has 1 amide bonds. The molecule has 108 valence electrons. The van der Waals surface area contributed by atoms with Crippen LogP contribution in [0, 0.1) is 5.92 Å². The van der Waals surface area contributed by atoms with Gasteiger partial charge < -0.3 is 9.64 Å². The molecule has 1 atom stereocenters. The molecule has 1 unspecified atom stereocenters. The first-order chi connectivity index (χ1) is 9.70. The maximum absolute atomic E-state index is 11.5. The van der Waals surface area contributed by atoms with E-state index in [4.69, 9.17) is 4.74 Å². The van der Waals surface area contributed by atoms with E-state index in [0.717, 1.165) is 38.3 Å². The number of piperidine rings is 1. The second-order valence-electron chi connectivity index (χ2n) is 5.95. The first-order valence-electron chi connectivity index (χ1n) is 7.39. The molecule has 0 aromatic heterocycles. The first-order valence-corrected chi connectivity index (χ1v) is 7.39. The average molecular weight is 274 g/mol. The van der Waals surface area contributed by atoms with Crippen molar-refractivity contribution in [3.63, 3.8) is 0 Å². The van der Waals surface area contributed by atoms with Gasteiger partial charge in [-0.1, -0.05) is 18.2 Å². The molecule has 0 N–H and O–H groups in total. The van der Waals surface area contributed by atoms with Crippen LogP contribution in [0.25, 0.3) is 0 Å². The van der Waals surface area contributed by atoms with Gasteiger partial charge in [-0.15, -0.1) is 0 Å². The quantitative estimate of drug-likeness (QED) is 0.836. The lowest BCUT2D eigenvalue weighted by Crippen LogP contribution is -2.56. The monoisotopic (exact) mass is 274 g/mol. The van der Waals surface area contributed by atoms with Crippen LogP contribution in [-0.2, 0) is 4.79 Å². The summed E-state index contributed by atoms with van der Waals surface area (Å²) >= 11 is 0. The Labute approximate surface area is 120 Å². The molecule has 4 nitrogen and oxygen atoms in total. The largest absolute Gasteiger partial charge is 0.488 e. The van der Waals surface area contributed by atoms with Crippen molar-refractivity contribution in [1.82, 2.24) is 9.80 Å². The predicted molar refractivity (Wildman–Crippen MR) is 77.7 cm³/mol. The van der Waals surface area contributed by atoms with Crippen LogP contribution in [0.3, 0.4) is 0 Å². The summed E-state index contributed by atoms with van der Waals surface area (Å²) in [4.78, 5) is 15.8. The Balaban J connectivity index is 1.39. The van der Waals surface area contributed by atoms with Gasteiger partial charge in [0.2, 0.25) is 5.91 Å². The van der Waals surface area contributed by atoms with Crippen molar-refractivity contribution in [2.45, 2.75) is 18.9 Å². The van der Waals surface area contributed by atoms with E-state index >= 15 is 0 Å². The summed E-state index contributed by atoms with van der Waals surface area (Å²) in [6, 6.07) is 10.0. The first kappa shape index (κ1) is 13.4. The molecule has 2 fully saturated rings. The molecule has 0 spiro atoms. The van der Waals surface area contributed by atoms with Crippen LogP contribution >= 0.6 is 0 Å². The van der Waals surface area contributed by atoms with Crippen LogP contribution < -0.4 is 4.74 Å². The lowest BCUT2D eigenvalue weighted by atomic mass is 9.96. The van der Waals surface area contributed by atoms with Crippen molar-refractivity contribution in [3.05, 3.63) is 30.3 Å². The lowest BCUT2D eigenvalue weighted by molar-refractivity contribution is -0.133. The number of likely N-dealkylation sites (tertiary alicyclic amines) is 2. The number of rotatable bonds is 4. The van der Waals surface area contributed by atoms with Crippen molar-refractivity contribution in [3.8, 4) is 5.75 Å². The van der Waals surface area contributed by atoms with Crippen LogP contribution in [0.2, 0.25) is 0 Å². The number of hydrogen-bond donors (Lipinski definition) is 0. The summed E-state index contributed by atoms with van der Waals surface area (Å²) in [7, 11) is 1.91. The molecule has 20 heavy (non-hydrogen) atoms. The summed E-state index contributed by atoms with van der Waals surface area (Å²) in [5, 5.41) is 0. The maximum atomic E-state index is 11.5. The van der Waals surface area contributed by atoms with Crippen LogP contribution in [0.4, 0.5) is 0 Å². The van der Waals surface area contributed by atoms with Gasteiger partial charge in [-0.25, -0.2) is 0 Å². The van der Waals surface area contributed by atoms with Crippen molar-refractivity contribution < 1.29 is 9.53 Å². The van der Waals surface area contributed by atoms with Gasteiger partial charge in [0.25, 0.3) is 0 Å². The number of ether oxygens (including phenoxy) is 1. The Morgan fingerprint density at radius 3 is 2.65 bits per heavy atom. The molecular weight excluding hydrogens is 252 g/mol. The lowest BCUT2D eigenvalue weighted by Gasteiger charge is -2.42. The zero-order valence-electron chi connectivity index (χ0n) is 12.0. The highest BCUT2D eigenvalue weighted by molar-refractivity contribution is 5.76. The Morgan fingerprint density at radius 2 is 1.95 bits per heavy atom. The molecule has 2 aliphatic heterocycles. The average Bonchev–Trinajstić information content (AvgIpc) is 2.41. The number of carbonyl (C=O) groups excluding carboxylic acids is 1. The third kappa shape index (κ3) is 3.12. The molecule has 1 aromatic carbocycles. The highest BCUT2D eigenvalue weighted by Crippen LogP contribution is 2.22. The van der Waals surface area contributed by atoms with E-state index in [9.17, 15) is 4.79 Å². The summed E-state index contributed by atoms with van der Waals surface area (Å²) in [5.74, 6) is 1.87. The summed E-state index contributed by atoms with van der Waals surface area (Å²) in [6.07, 6.45) is 2.06. The molecule has 0 radical (unpaired) electrons. The molecule has 0 saturated carbocycles. The van der Waals surface area contributed by atoms with Crippen molar-refractivity contribution in [1.29, 1.82) is 0 Å². The van der Waals surface area contributed by atoms with E-state index < -0.39 is 0 Å². The van der Waals surface area contributed by atoms with Gasteiger partial charge in [-0.3, -0.25) is 9.69 Å². The Kier molecular flexibility index (Phi) is 3.92. The molecule has 1 aromatic rings. The molecule has 0 bridgehead atoms. The van der Waals surface area contributed by atoms with E-state index in [1.54, 1.807) is 0 Å². The minimum Gasteiger partial charge on any atom is -0.488 e. The van der Waals surface area contributed by atoms with Crippen LogP contribution in [-0.4, -0.2) is 55.0 Å². The SMILES string of the molecule is CN1CC(CN2CC(Oc3ccccc3)C2)CCC1=O. The van der Waals surface area contributed by atoms with Crippen LogP contribution in [0.15, 0.2) is 30.3 Å². The minimum absolute atomic E-state index is 0.287. The van der Waals surface area contributed by atoms with Crippen LogP contribution in [0.1, 0.15) is 12.8 Å². The fourth-order valence-corrected chi connectivity index (χ4v) is 3.05. The van der Waals surface area contributed by atoms with Crippen molar-refractivity contribution in [2.75, 3.05) is 33.2 Å². The number of hydrogen-bond acceptors (Lipinski definition) is 3. The van der Waals surface area contributed by atoms with Gasteiger partial charge in [0.05, 0.1) is 0 Å². The number of nitrogens with zero attached hydrogens (tertiary/aromatic N) is 2. The highest BCUT2D eigenvalue weighted by Gasteiger charge is 2.32. The topological polar surface area (TPSA) is 32.8 Å². The number of para-hydroxylation sites is 1. The maximum Gasteiger partial charge on any atom is 0.222 e. The fourth-order valence-electron chi connectivity index (χ4n) is 3.05. The summed E-state index contributed by atoms with van der Waals surface area (Å²) in [5.41, 5.74) is 0. The Bertz CT molecular complexity index is 457. The zero-order valence-corrected chi connectivity index (χ0v) is 12.0. The van der Waals surface area contributed by atoms with E-state index in [2.05, 4.69) is 4.90 Å². The number of benzene rings is 1. The highest BCUT2D eigenvalue weighted by atomic mass is 16.5. The predicted octanol–water partition coefficient (Wildman–Crippen LogP) is 1.62. The smallest absolute Gasteiger partial charge is 0.222 e. The molecule has 2 heterocycles. The van der Waals surface area contributed by atoms with Gasteiger partial charge in [0.1, 0.15) is 11.9 Å². The van der Waals surface area contributed by atoms with Gasteiger partial charge >= 0.3 is 0 Å². The van der Waals surface area contributed by atoms with E-state index in [1.165, 1.54) is 0 Å². The molecule has 0 aliphatic carbocycles. The zero-order chi connectivity index (χ0) is 13.9. The summed E-state index contributed by atoms with van der Waals surface area (Å²) in [6.45, 7) is 4.00. The van der Waals surface area contributed by atoms with Crippen molar-refractivity contribution >= 4 is 5.91 Å². The Morgan fingerprint density at radius 1 is 1.20 bits per heavy atom. The molecule has 2 aliphatic rings. The van der Waals surface area contributed by atoms with E-state index in [-0.39, 0.29) is 5.91 Å². The number of amides is 1. The second-order valence-corrected chi connectivity index (χ2v) is 5.95. The van der Waals surface area contributed by atoms with Gasteiger partial charge in [0, 0.05) is 39.6 Å². The standard InChI is InChI=1S/C16H22N2O2/c1-17-9-13(7-8-16(17)19)10-18-11-15(12-18)20-14-5-3-2-4-6-14/h2-6,13,15H,7-12H2,1H3. The fraction of sp³-hybridized carbons (Fsp3) is 0.562.